The summed E-state index contributed by atoms with van der Waals surface area (Å²) < 4.78 is 27.3. The normalized spacial score (nSPS) is 12.9. The smallest absolute Gasteiger partial charge is 0.550 e. The van der Waals surface area contributed by atoms with Crippen LogP contribution < -0.4 is 34.7 Å². The third-order valence-corrected chi connectivity index (χ3v) is 5.07. The topological polar surface area (TPSA) is 124 Å². The average molecular weight is 506 g/mol. The monoisotopic (exact) mass is 506 g/mol. The second-order valence-corrected chi connectivity index (χ2v) is 8.22. The number of aliphatic hydroxyl groups is 2. The largest absolute Gasteiger partial charge is 1.00 e. The van der Waals surface area contributed by atoms with Crippen LogP contribution in [0, 0.1) is 11.6 Å². The van der Waals surface area contributed by atoms with E-state index in [4.69, 9.17) is 0 Å². The number of nitrogens with zero attached hydrogens (tertiary/aromatic N) is 4. The molecule has 0 radical (unpaired) electrons. The average Bonchev–Trinajstić information content (AvgIpc) is 3.28. The molecule has 0 aliphatic heterocycles. The van der Waals surface area contributed by atoms with Crippen LogP contribution in [0.5, 0.6) is 0 Å². The molecule has 0 amide bonds. The van der Waals surface area contributed by atoms with E-state index in [1.807, 2.05) is 13.8 Å². The Morgan fingerprint density at radius 1 is 1.03 bits per heavy atom. The van der Waals surface area contributed by atoms with Gasteiger partial charge < -0.3 is 20.1 Å². The van der Waals surface area contributed by atoms with E-state index >= 15 is 0 Å². The maximum Gasteiger partial charge on any atom is 1.00 e. The molecule has 1 heterocycles. The van der Waals surface area contributed by atoms with Gasteiger partial charge in [0.05, 0.1) is 18.2 Å². The third kappa shape index (κ3) is 8.14. The number of carbonyl (C=O) groups excluding carboxylic acids is 1. The Morgan fingerprint density at radius 2 is 1.56 bits per heavy atom. The molecule has 0 aliphatic carbocycles. The minimum absolute atomic E-state index is 0. The molecule has 2 atom stereocenters. The van der Waals surface area contributed by atoms with Gasteiger partial charge in [0.25, 0.3) is 0 Å². The molecule has 3 aromatic rings. The molecular weight excluding hydrogens is 481 g/mol. The molecule has 8 nitrogen and oxygen atoms in total. The van der Waals surface area contributed by atoms with E-state index in [2.05, 4.69) is 15.4 Å². The first-order valence-corrected chi connectivity index (χ1v) is 10.9. The number of aliphatic hydroxyl groups excluding tert-OH is 2. The maximum atomic E-state index is 13.7. The zero-order valence-electron chi connectivity index (χ0n) is 20.2. The van der Waals surface area contributed by atoms with Gasteiger partial charge in [0.15, 0.2) is 0 Å². The molecule has 184 valence electrons. The first-order valence-electron chi connectivity index (χ1n) is 10.9. The number of carboxylic acids is 1. The SMILES string of the molecule is CC(C)n1nnc(C(/C=C/[C@@H](O)C[C@@H](O)CC(=O)[O-])=C(c2ccc(F)cc2)c2ccc(F)cc2)n1.[Na+]. The van der Waals surface area contributed by atoms with E-state index in [-0.39, 0.29) is 47.8 Å². The number of hydrogen-bond donors (Lipinski definition) is 2. The van der Waals surface area contributed by atoms with Crippen LogP contribution in [0.4, 0.5) is 8.78 Å². The first-order chi connectivity index (χ1) is 16.6. The van der Waals surface area contributed by atoms with Gasteiger partial charge in [-0.3, -0.25) is 0 Å². The van der Waals surface area contributed by atoms with Crippen molar-refractivity contribution in [2.24, 2.45) is 0 Å². The van der Waals surface area contributed by atoms with E-state index in [9.17, 15) is 28.9 Å². The number of aromatic nitrogens is 4. The van der Waals surface area contributed by atoms with E-state index in [1.165, 1.54) is 41.2 Å². The zero-order valence-corrected chi connectivity index (χ0v) is 22.2. The van der Waals surface area contributed by atoms with E-state index < -0.39 is 36.2 Å². The Bertz CT molecular complexity index is 1160. The fourth-order valence-electron chi connectivity index (χ4n) is 3.37. The van der Waals surface area contributed by atoms with Gasteiger partial charge in [-0.25, -0.2) is 8.78 Å². The molecule has 0 bridgehead atoms. The van der Waals surface area contributed by atoms with Gasteiger partial charge in [0.2, 0.25) is 5.82 Å². The summed E-state index contributed by atoms with van der Waals surface area (Å²) in [5, 5.41) is 43.5. The molecule has 0 saturated carbocycles. The summed E-state index contributed by atoms with van der Waals surface area (Å²) in [5.74, 6) is -2.12. The van der Waals surface area contributed by atoms with Gasteiger partial charge in [-0.2, -0.15) is 4.80 Å². The third-order valence-electron chi connectivity index (χ3n) is 5.07. The van der Waals surface area contributed by atoms with E-state index in [1.54, 1.807) is 24.3 Å². The van der Waals surface area contributed by atoms with Crippen molar-refractivity contribution in [1.29, 1.82) is 0 Å². The number of benzene rings is 2. The molecule has 0 unspecified atom stereocenters. The summed E-state index contributed by atoms with van der Waals surface area (Å²) in [7, 11) is 0. The second-order valence-electron chi connectivity index (χ2n) is 8.22. The van der Waals surface area contributed by atoms with Crippen LogP contribution in [0.15, 0.2) is 60.7 Å². The van der Waals surface area contributed by atoms with Crippen molar-refractivity contribution in [1.82, 2.24) is 20.2 Å². The van der Waals surface area contributed by atoms with Crippen LogP contribution in [0.25, 0.3) is 11.1 Å². The Kier molecular flexibility index (Phi) is 11.1. The summed E-state index contributed by atoms with van der Waals surface area (Å²) in [4.78, 5) is 12.1. The summed E-state index contributed by atoms with van der Waals surface area (Å²) in [6.07, 6.45) is -0.500. The van der Waals surface area contributed by atoms with Crippen molar-refractivity contribution in [3.63, 3.8) is 0 Å². The quantitative estimate of drug-likeness (QED) is 0.275. The number of tetrazole rings is 1. The van der Waals surface area contributed by atoms with Crippen molar-refractivity contribution in [3.05, 3.63) is 89.3 Å². The molecule has 11 heteroatoms. The number of halogens is 2. The maximum absolute atomic E-state index is 13.7. The molecule has 2 N–H and O–H groups in total. The predicted molar refractivity (Wildman–Crippen MR) is 122 cm³/mol. The summed E-state index contributed by atoms with van der Waals surface area (Å²) in [5.41, 5.74) is 2.06. The predicted octanol–water partition coefficient (Wildman–Crippen LogP) is -0.697. The molecular formula is C25H25F2N4NaO4. The molecule has 0 aliphatic rings. The fraction of sp³-hybridized carbons (Fsp3) is 0.280. The van der Waals surface area contributed by atoms with Gasteiger partial charge in [-0.1, -0.05) is 36.4 Å². The Morgan fingerprint density at radius 3 is 2.00 bits per heavy atom. The molecule has 0 saturated heterocycles. The number of carbonyl (C=O) groups is 1. The summed E-state index contributed by atoms with van der Waals surface area (Å²) in [6.45, 7) is 3.74. The second kappa shape index (κ2) is 13.5. The van der Waals surface area contributed by atoms with Crippen LogP contribution in [-0.2, 0) is 4.79 Å². The zero-order chi connectivity index (χ0) is 25.5. The minimum Gasteiger partial charge on any atom is -0.550 e. The molecule has 36 heavy (non-hydrogen) atoms. The molecule has 0 fully saturated rings. The Balaban J connectivity index is 0.00000456. The van der Waals surface area contributed by atoms with Crippen molar-refractivity contribution >= 4 is 17.1 Å². The molecule has 2 aromatic carbocycles. The summed E-state index contributed by atoms with van der Waals surface area (Å²) in [6, 6.07) is 11.2. The van der Waals surface area contributed by atoms with Crippen LogP contribution in [-0.4, -0.2) is 48.6 Å². The van der Waals surface area contributed by atoms with Crippen molar-refractivity contribution in [2.75, 3.05) is 0 Å². The first kappa shape index (κ1) is 29.5. The fourth-order valence-corrected chi connectivity index (χ4v) is 3.37. The van der Waals surface area contributed by atoms with Gasteiger partial charge in [0.1, 0.15) is 11.6 Å². The van der Waals surface area contributed by atoms with E-state index in [0.29, 0.717) is 22.3 Å². The number of hydrogen-bond acceptors (Lipinski definition) is 7. The van der Waals surface area contributed by atoms with Gasteiger partial charge >= 0.3 is 29.6 Å². The van der Waals surface area contributed by atoms with Crippen LogP contribution in [0.2, 0.25) is 0 Å². The Labute approximate surface area is 229 Å². The van der Waals surface area contributed by atoms with Crippen molar-refractivity contribution < 1.29 is 58.5 Å². The van der Waals surface area contributed by atoms with Crippen LogP contribution in [0.1, 0.15) is 49.7 Å². The molecule has 1 aromatic heterocycles. The van der Waals surface area contributed by atoms with Crippen LogP contribution >= 0.6 is 0 Å². The summed E-state index contributed by atoms with van der Waals surface area (Å²) >= 11 is 0. The number of rotatable bonds is 10. The number of aliphatic carboxylic acids is 1. The number of carboxylic acid groups (broad SMARTS) is 1. The van der Waals surface area contributed by atoms with Gasteiger partial charge in [-0.05, 0) is 54.5 Å². The standard InChI is InChI=1S/C25H26F2N4O4.Na/c1-15(2)31-29-25(28-30-31)22(12-11-20(32)13-21(33)14-23(34)35)24(16-3-7-18(26)8-4-16)17-5-9-19(27)10-6-17;/h3-12,15,20-21,32-33H,13-14H2,1-2H3,(H,34,35);/q;+1/p-1/b12-11+;/t20-,21-;/m1./s1. The molecule has 3 rings (SSSR count). The molecule has 0 spiro atoms. The van der Waals surface area contributed by atoms with Crippen LogP contribution in [0.3, 0.4) is 0 Å². The Hall–Kier alpha value is -2.76. The van der Waals surface area contributed by atoms with Crippen molar-refractivity contribution in [3.8, 4) is 0 Å². The van der Waals surface area contributed by atoms with Gasteiger partial charge in [-0.15, -0.1) is 10.2 Å². The van der Waals surface area contributed by atoms with Gasteiger partial charge in [0, 0.05) is 30.0 Å². The number of allylic oxidation sites excluding steroid dienone is 2. The minimum atomic E-state index is -1.43. The van der Waals surface area contributed by atoms with E-state index in [0.717, 1.165) is 0 Å². The van der Waals surface area contributed by atoms with Crippen molar-refractivity contribution in [2.45, 2.75) is 44.9 Å².